The van der Waals surface area contributed by atoms with Crippen LogP contribution in [0.25, 0.3) is 0 Å². The molecule has 0 saturated carbocycles. The van der Waals surface area contributed by atoms with Crippen molar-refractivity contribution in [2.24, 2.45) is 11.7 Å². The highest BCUT2D eigenvalue weighted by molar-refractivity contribution is 6.32. The molecule has 2 amide bonds. The van der Waals surface area contributed by atoms with Crippen molar-refractivity contribution in [1.29, 1.82) is 0 Å². The van der Waals surface area contributed by atoms with E-state index >= 15 is 0 Å². The summed E-state index contributed by atoms with van der Waals surface area (Å²) in [7, 11) is 1.54. The van der Waals surface area contributed by atoms with Gasteiger partial charge in [0.15, 0.2) is 0 Å². The Morgan fingerprint density at radius 2 is 2.24 bits per heavy atom. The van der Waals surface area contributed by atoms with Crippen LogP contribution in [0.4, 0.5) is 5.69 Å². The molecule has 4 N–H and O–H groups in total. The lowest BCUT2D eigenvalue weighted by Gasteiger charge is -2.31. The maximum Gasteiger partial charge on any atom is 0.238 e. The minimum atomic E-state index is -0.135. The Hall–Kier alpha value is -1.83. The first-order chi connectivity index (χ1) is 12.0. The van der Waals surface area contributed by atoms with E-state index in [0.29, 0.717) is 36.1 Å². The number of hydrogen-bond donors (Lipinski definition) is 3. The summed E-state index contributed by atoms with van der Waals surface area (Å²) < 4.78 is 5.09. The first-order valence-electron chi connectivity index (χ1n) is 8.37. The lowest BCUT2D eigenvalue weighted by atomic mass is 9.97. The van der Waals surface area contributed by atoms with Crippen LogP contribution in [0.5, 0.6) is 5.75 Å². The summed E-state index contributed by atoms with van der Waals surface area (Å²) in [4.78, 5) is 26.3. The maximum absolute atomic E-state index is 12.3. The second-order valence-electron chi connectivity index (χ2n) is 6.05. The van der Waals surface area contributed by atoms with Crippen molar-refractivity contribution in [1.82, 2.24) is 10.2 Å². The third-order valence-electron chi connectivity index (χ3n) is 4.12. The van der Waals surface area contributed by atoms with Crippen LogP contribution in [0.15, 0.2) is 18.2 Å². The molecule has 25 heavy (non-hydrogen) atoms. The third-order valence-corrected chi connectivity index (χ3v) is 4.42. The maximum atomic E-state index is 12.3. The van der Waals surface area contributed by atoms with Gasteiger partial charge >= 0.3 is 0 Å². The topological polar surface area (TPSA) is 96.7 Å². The fourth-order valence-corrected chi connectivity index (χ4v) is 3.16. The largest absolute Gasteiger partial charge is 0.495 e. The van der Waals surface area contributed by atoms with Crippen LogP contribution >= 0.6 is 11.6 Å². The molecule has 1 fully saturated rings. The number of nitrogens with one attached hydrogen (secondary N) is 2. The molecule has 2 rings (SSSR count). The van der Waals surface area contributed by atoms with E-state index in [9.17, 15) is 9.59 Å². The zero-order chi connectivity index (χ0) is 18.2. The number of methoxy groups -OCH3 is 1. The number of nitrogens with zero attached hydrogens (tertiary/aromatic N) is 1. The van der Waals surface area contributed by atoms with E-state index in [1.54, 1.807) is 18.2 Å². The number of anilines is 1. The van der Waals surface area contributed by atoms with Crippen LogP contribution in [0.3, 0.4) is 0 Å². The molecule has 1 aromatic carbocycles. The Morgan fingerprint density at radius 1 is 1.44 bits per heavy atom. The fourth-order valence-electron chi connectivity index (χ4n) is 2.90. The van der Waals surface area contributed by atoms with Gasteiger partial charge in [0.05, 0.1) is 24.6 Å². The van der Waals surface area contributed by atoms with E-state index in [0.717, 1.165) is 19.4 Å². The standard InChI is InChI=1S/C17H25ClN4O3/c1-25-15-5-4-13(9-14(15)18)21-16(23)11-22-8-2-3-12(10-22)17(24)20-7-6-19/h4-5,9,12H,2-3,6-8,10-11,19H2,1H3,(H,20,24)(H,21,23). The van der Waals surface area contributed by atoms with Gasteiger partial charge < -0.3 is 21.1 Å². The van der Waals surface area contributed by atoms with Gasteiger partial charge in [0.25, 0.3) is 0 Å². The van der Waals surface area contributed by atoms with E-state index in [1.165, 1.54) is 7.11 Å². The highest BCUT2D eigenvalue weighted by atomic mass is 35.5. The number of amides is 2. The summed E-state index contributed by atoms with van der Waals surface area (Å²) in [5.41, 5.74) is 6.02. The monoisotopic (exact) mass is 368 g/mol. The molecule has 1 unspecified atom stereocenters. The number of piperidine rings is 1. The van der Waals surface area contributed by atoms with E-state index in [-0.39, 0.29) is 24.3 Å². The molecule has 0 radical (unpaired) electrons. The van der Waals surface area contributed by atoms with Gasteiger partial charge in [-0.15, -0.1) is 0 Å². The Labute approximate surface area is 152 Å². The SMILES string of the molecule is COc1ccc(NC(=O)CN2CCCC(C(=O)NCCN)C2)cc1Cl. The first-order valence-corrected chi connectivity index (χ1v) is 8.74. The van der Waals surface area contributed by atoms with E-state index < -0.39 is 0 Å². The normalized spacial score (nSPS) is 17.8. The average Bonchev–Trinajstić information content (AvgIpc) is 2.60. The van der Waals surface area contributed by atoms with Gasteiger partial charge in [-0.25, -0.2) is 0 Å². The van der Waals surface area contributed by atoms with Crippen LogP contribution in [-0.4, -0.2) is 56.5 Å². The summed E-state index contributed by atoms with van der Waals surface area (Å²) in [5, 5.41) is 6.08. The molecule has 0 aliphatic carbocycles. The number of benzene rings is 1. The number of hydrogen-bond acceptors (Lipinski definition) is 5. The third kappa shape index (κ3) is 5.88. The van der Waals surface area contributed by atoms with Crippen LogP contribution in [0.1, 0.15) is 12.8 Å². The summed E-state index contributed by atoms with van der Waals surface area (Å²) in [6.07, 6.45) is 1.73. The van der Waals surface area contributed by atoms with Crippen molar-refractivity contribution < 1.29 is 14.3 Å². The molecule has 0 aromatic heterocycles. The van der Waals surface area contributed by atoms with E-state index in [4.69, 9.17) is 22.1 Å². The fraction of sp³-hybridized carbons (Fsp3) is 0.529. The van der Waals surface area contributed by atoms with Gasteiger partial charge in [0, 0.05) is 25.3 Å². The summed E-state index contributed by atoms with van der Waals surface area (Å²) >= 11 is 6.06. The van der Waals surface area contributed by atoms with Crippen LogP contribution < -0.4 is 21.1 Å². The predicted molar refractivity (Wildman–Crippen MR) is 97.9 cm³/mol. The van der Waals surface area contributed by atoms with Gasteiger partial charge in [-0.1, -0.05) is 11.6 Å². The van der Waals surface area contributed by atoms with Crippen molar-refractivity contribution >= 4 is 29.1 Å². The zero-order valence-electron chi connectivity index (χ0n) is 14.4. The number of nitrogens with two attached hydrogens (primary N) is 1. The summed E-state index contributed by atoms with van der Waals surface area (Å²) in [6.45, 7) is 2.53. The highest BCUT2D eigenvalue weighted by Crippen LogP contribution is 2.27. The van der Waals surface area contributed by atoms with Crippen LogP contribution in [0.2, 0.25) is 5.02 Å². The Balaban J connectivity index is 1.85. The lowest BCUT2D eigenvalue weighted by molar-refractivity contribution is -0.127. The number of ether oxygens (including phenoxy) is 1. The second-order valence-corrected chi connectivity index (χ2v) is 6.46. The molecule has 138 valence electrons. The Bertz CT molecular complexity index is 612. The molecule has 1 saturated heterocycles. The first kappa shape index (κ1) is 19.5. The molecule has 1 aliphatic rings. The van der Waals surface area contributed by atoms with Crippen molar-refractivity contribution in [2.75, 3.05) is 45.2 Å². The minimum absolute atomic E-state index is 0.0116. The highest BCUT2D eigenvalue weighted by Gasteiger charge is 2.26. The average molecular weight is 369 g/mol. The molecule has 7 nitrogen and oxygen atoms in total. The number of halogens is 1. The van der Waals surface area contributed by atoms with Crippen molar-refractivity contribution in [3.05, 3.63) is 23.2 Å². The number of carbonyl (C=O) groups excluding carboxylic acids is 2. The van der Waals surface area contributed by atoms with Gasteiger partial charge in [-0.2, -0.15) is 0 Å². The van der Waals surface area contributed by atoms with E-state index in [1.807, 2.05) is 4.90 Å². The molecule has 0 bridgehead atoms. The number of rotatable bonds is 7. The Morgan fingerprint density at radius 3 is 2.92 bits per heavy atom. The van der Waals surface area contributed by atoms with Crippen molar-refractivity contribution in [2.45, 2.75) is 12.8 Å². The molecule has 8 heteroatoms. The molecular weight excluding hydrogens is 344 g/mol. The van der Waals surface area contributed by atoms with Gasteiger partial charge in [-0.05, 0) is 37.6 Å². The van der Waals surface area contributed by atoms with Crippen molar-refractivity contribution in [3.63, 3.8) is 0 Å². The summed E-state index contributed by atoms with van der Waals surface area (Å²) in [6, 6.07) is 5.09. The number of carbonyl (C=O) groups is 2. The molecule has 1 heterocycles. The second kappa shape index (κ2) is 9.60. The molecule has 1 aliphatic heterocycles. The molecule has 0 spiro atoms. The van der Waals surface area contributed by atoms with E-state index in [2.05, 4.69) is 10.6 Å². The zero-order valence-corrected chi connectivity index (χ0v) is 15.1. The van der Waals surface area contributed by atoms with Gasteiger partial charge in [0.2, 0.25) is 11.8 Å². The van der Waals surface area contributed by atoms with Crippen molar-refractivity contribution in [3.8, 4) is 5.75 Å². The quantitative estimate of drug-likeness (QED) is 0.669. The van der Waals surface area contributed by atoms with Crippen LogP contribution in [-0.2, 0) is 9.59 Å². The van der Waals surface area contributed by atoms with Gasteiger partial charge in [-0.3, -0.25) is 14.5 Å². The smallest absolute Gasteiger partial charge is 0.238 e. The van der Waals surface area contributed by atoms with Crippen LogP contribution in [0, 0.1) is 5.92 Å². The molecular formula is C17H25ClN4O3. The number of likely N-dealkylation sites (tertiary alicyclic amines) is 1. The summed E-state index contributed by atoms with van der Waals surface area (Å²) in [5.74, 6) is 0.340. The minimum Gasteiger partial charge on any atom is -0.495 e. The molecule has 1 atom stereocenters. The molecule has 1 aromatic rings. The van der Waals surface area contributed by atoms with Gasteiger partial charge in [0.1, 0.15) is 5.75 Å². The Kier molecular flexibility index (Phi) is 7.49. The predicted octanol–water partition coefficient (Wildman–Crippen LogP) is 1.07. The lowest BCUT2D eigenvalue weighted by Crippen LogP contribution is -2.46.